The highest BCUT2D eigenvalue weighted by Crippen LogP contribution is 2.27. The molecule has 0 amide bonds. The first-order chi connectivity index (χ1) is 6.72. The van der Waals surface area contributed by atoms with Crippen molar-refractivity contribution in [1.29, 1.82) is 0 Å². The molecule has 0 fully saturated rings. The van der Waals surface area contributed by atoms with Gasteiger partial charge in [-0.3, -0.25) is 0 Å². The van der Waals surface area contributed by atoms with E-state index in [0.29, 0.717) is 17.4 Å². The summed E-state index contributed by atoms with van der Waals surface area (Å²) in [4.78, 5) is 0. The van der Waals surface area contributed by atoms with Crippen LogP contribution in [-0.4, -0.2) is 23.1 Å². The van der Waals surface area contributed by atoms with Crippen LogP contribution in [0.5, 0.6) is 5.19 Å². The Bertz CT molecular complexity index is 312. The van der Waals surface area contributed by atoms with Gasteiger partial charge in [-0.15, -0.1) is 5.10 Å². The Kier molecular flexibility index (Phi) is 4.81. The van der Waals surface area contributed by atoms with E-state index in [2.05, 4.69) is 10.2 Å². The van der Waals surface area contributed by atoms with Gasteiger partial charge in [0, 0.05) is 5.75 Å². The minimum Gasteiger partial charge on any atom is -0.472 e. The number of rotatable bonds is 5. The van der Waals surface area contributed by atoms with Crippen molar-refractivity contribution < 1.29 is 13.5 Å². The number of hydrogen-bond donors (Lipinski definition) is 0. The summed E-state index contributed by atoms with van der Waals surface area (Å²) in [6.45, 7) is 0. The summed E-state index contributed by atoms with van der Waals surface area (Å²) in [5.41, 5.74) is 0. The lowest BCUT2D eigenvalue weighted by Crippen LogP contribution is -1.79. The van der Waals surface area contributed by atoms with Gasteiger partial charge in [0.2, 0.25) is 0 Å². The van der Waals surface area contributed by atoms with E-state index in [4.69, 9.17) is 4.74 Å². The molecule has 0 spiro atoms. The number of hydrogen-bond acceptors (Lipinski definition) is 5. The zero-order valence-electron chi connectivity index (χ0n) is 7.37. The summed E-state index contributed by atoms with van der Waals surface area (Å²) in [7, 11) is 1.51. The van der Waals surface area contributed by atoms with Gasteiger partial charge in [-0.05, 0) is 23.8 Å². The van der Waals surface area contributed by atoms with Crippen LogP contribution in [0.4, 0.5) is 8.78 Å². The Morgan fingerprint density at radius 3 is 2.93 bits per heavy atom. The maximum absolute atomic E-state index is 11.6. The van der Waals surface area contributed by atoms with E-state index in [1.54, 1.807) is 0 Å². The summed E-state index contributed by atoms with van der Waals surface area (Å²) in [5, 5.41) is 8.00. The van der Waals surface area contributed by atoms with E-state index >= 15 is 0 Å². The van der Waals surface area contributed by atoms with Gasteiger partial charge in [-0.1, -0.05) is 16.9 Å². The van der Waals surface area contributed by atoms with Gasteiger partial charge in [-0.25, -0.2) is 0 Å². The van der Waals surface area contributed by atoms with Gasteiger partial charge in [-0.2, -0.15) is 8.78 Å². The van der Waals surface area contributed by atoms with Crippen molar-refractivity contribution in [2.75, 3.05) is 12.9 Å². The molecular weight excluding hydrogens is 230 g/mol. The van der Waals surface area contributed by atoms with Crippen LogP contribution in [0.2, 0.25) is 0 Å². The number of allylic oxidation sites excluding steroid dienone is 1. The lowest BCUT2D eigenvalue weighted by Gasteiger charge is -1.90. The Morgan fingerprint density at radius 2 is 2.36 bits per heavy atom. The largest absolute Gasteiger partial charge is 0.472 e. The van der Waals surface area contributed by atoms with E-state index in [1.807, 2.05) is 0 Å². The van der Waals surface area contributed by atoms with Crippen LogP contribution in [-0.2, 0) is 0 Å². The lowest BCUT2D eigenvalue weighted by atomic mass is 10.5. The normalized spacial score (nSPS) is 9.93. The van der Waals surface area contributed by atoms with E-state index in [-0.39, 0.29) is 0 Å². The Hall–Kier alpha value is -0.690. The number of aromatic nitrogens is 2. The summed E-state index contributed by atoms with van der Waals surface area (Å²) in [5.74, 6) is 0.565. The molecule has 1 aromatic rings. The molecule has 1 heterocycles. The fraction of sp³-hybridized carbons (Fsp3) is 0.429. The third-order valence-corrected chi connectivity index (χ3v) is 3.26. The molecule has 0 unspecified atom stereocenters. The highest BCUT2D eigenvalue weighted by Gasteiger charge is 2.03. The zero-order chi connectivity index (χ0) is 10.4. The van der Waals surface area contributed by atoms with E-state index in [1.165, 1.54) is 30.2 Å². The second-order valence-electron chi connectivity index (χ2n) is 2.17. The van der Waals surface area contributed by atoms with Gasteiger partial charge in [0.15, 0.2) is 4.34 Å². The number of ether oxygens (including phenoxy) is 1. The van der Waals surface area contributed by atoms with E-state index in [9.17, 15) is 8.78 Å². The third kappa shape index (κ3) is 4.01. The summed E-state index contributed by atoms with van der Waals surface area (Å²) >= 11 is 2.69. The van der Waals surface area contributed by atoms with Crippen LogP contribution in [0, 0.1) is 0 Å². The average Bonchev–Trinajstić information content (AvgIpc) is 2.60. The highest BCUT2D eigenvalue weighted by atomic mass is 32.2. The first kappa shape index (κ1) is 11.4. The van der Waals surface area contributed by atoms with Crippen LogP contribution in [0.3, 0.4) is 0 Å². The zero-order valence-corrected chi connectivity index (χ0v) is 9.00. The summed E-state index contributed by atoms with van der Waals surface area (Å²) < 4.78 is 28.8. The SMILES string of the molecule is COc1nnc(SCCC=C(F)F)s1. The van der Waals surface area contributed by atoms with Crippen molar-refractivity contribution in [2.24, 2.45) is 0 Å². The molecule has 14 heavy (non-hydrogen) atoms. The molecule has 0 bridgehead atoms. The molecular formula is C7H8F2N2OS2. The second-order valence-corrected chi connectivity index (χ2v) is 4.45. The van der Waals surface area contributed by atoms with Crippen LogP contribution < -0.4 is 4.74 Å². The molecule has 1 aromatic heterocycles. The Balaban J connectivity index is 2.28. The Morgan fingerprint density at radius 1 is 1.57 bits per heavy atom. The molecule has 0 saturated heterocycles. The molecule has 78 valence electrons. The number of halogens is 2. The minimum absolute atomic E-state index is 0.328. The molecule has 7 heteroatoms. The molecule has 0 aliphatic rings. The van der Waals surface area contributed by atoms with Crippen LogP contribution in [0.25, 0.3) is 0 Å². The first-order valence-corrected chi connectivity index (χ1v) is 5.54. The van der Waals surface area contributed by atoms with Gasteiger partial charge in [0.1, 0.15) is 0 Å². The minimum atomic E-state index is -1.64. The summed E-state index contributed by atoms with van der Waals surface area (Å²) in [6, 6.07) is 0. The predicted octanol–water partition coefficient (Wildman–Crippen LogP) is 2.81. The van der Waals surface area contributed by atoms with Crippen molar-refractivity contribution in [2.45, 2.75) is 10.8 Å². The monoisotopic (exact) mass is 238 g/mol. The van der Waals surface area contributed by atoms with E-state index < -0.39 is 6.08 Å². The molecule has 0 aliphatic carbocycles. The second kappa shape index (κ2) is 5.92. The smallest absolute Gasteiger partial charge is 0.294 e. The van der Waals surface area contributed by atoms with Gasteiger partial charge in [0.05, 0.1) is 7.11 Å². The molecule has 3 nitrogen and oxygen atoms in total. The van der Waals surface area contributed by atoms with Crippen molar-refractivity contribution >= 4 is 23.1 Å². The van der Waals surface area contributed by atoms with Crippen LogP contribution >= 0.6 is 23.1 Å². The lowest BCUT2D eigenvalue weighted by molar-refractivity contribution is 0.407. The first-order valence-electron chi connectivity index (χ1n) is 3.74. The van der Waals surface area contributed by atoms with Gasteiger partial charge < -0.3 is 4.74 Å². The topological polar surface area (TPSA) is 35.0 Å². The number of thioether (sulfide) groups is 1. The standard InChI is InChI=1S/C7H8F2N2OS2/c1-12-6-10-11-7(14-6)13-4-2-3-5(8)9/h3H,2,4H2,1H3. The van der Waals surface area contributed by atoms with Crippen molar-refractivity contribution in [1.82, 2.24) is 10.2 Å². The summed E-state index contributed by atoms with van der Waals surface area (Å²) in [6.07, 6.45) is -0.416. The predicted molar refractivity (Wildman–Crippen MR) is 52.1 cm³/mol. The third-order valence-electron chi connectivity index (χ3n) is 1.20. The molecule has 0 radical (unpaired) electrons. The number of methoxy groups -OCH3 is 1. The van der Waals surface area contributed by atoms with E-state index in [0.717, 1.165) is 10.4 Å². The molecule has 0 atom stereocenters. The van der Waals surface area contributed by atoms with Gasteiger partial charge >= 0.3 is 0 Å². The van der Waals surface area contributed by atoms with Crippen LogP contribution in [0.15, 0.2) is 16.5 Å². The van der Waals surface area contributed by atoms with Crippen LogP contribution in [0.1, 0.15) is 6.42 Å². The van der Waals surface area contributed by atoms with Crippen molar-refractivity contribution in [3.05, 3.63) is 12.2 Å². The number of nitrogens with zero attached hydrogens (tertiary/aromatic N) is 2. The molecule has 0 aromatic carbocycles. The average molecular weight is 238 g/mol. The molecule has 0 saturated carbocycles. The fourth-order valence-electron chi connectivity index (χ4n) is 0.652. The fourth-order valence-corrected chi connectivity index (χ4v) is 2.26. The molecule has 1 rings (SSSR count). The molecule has 0 N–H and O–H groups in total. The maximum Gasteiger partial charge on any atom is 0.294 e. The maximum atomic E-state index is 11.6. The quantitative estimate of drug-likeness (QED) is 0.583. The van der Waals surface area contributed by atoms with Crippen molar-refractivity contribution in [3.8, 4) is 5.19 Å². The van der Waals surface area contributed by atoms with Gasteiger partial charge in [0.25, 0.3) is 11.3 Å². The van der Waals surface area contributed by atoms with Crippen molar-refractivity contribution in [3.63, 3.8) is 0 Å². The molecule has 0 aliphatic heterocycles. The Labute approximate surface area is 88.2 Å². The highest BCUT2D eigenvalue weighted by molar-refractivity contribution is 8.01.